The van der Waals surface area contributed by atoms with Crippen LogP contribution in [-0.2, 0) is 10.0 Å². The molecule has 10 nitrogen and oxygen atoms in total. The molecule has 1 N–H and O–H groups in total. The lowest BCUT2D eigenvalue weighted by Gasteiger charge is -2.42. The molecule has 0 amide bonds. The van der Waals surface area contributed by atoms with Crippen molar-refractivity contribution in [2.45, 2.75) is 37.2 Å². The number of β-amino-alcohol motifs (C(OH)–C–C–N with tert-alkyl or cyclic N) is 1. The Morgan fingerprint density at radius 1 is 1.24 bits per heavy atom. The molecule has 1 unspecified atom stereocenters. The normalized spacial score (nSPS) is 25.5. The molecule has 2 aliphatic heterocycles. The van der Waals surface area contributed by atoms with Gasteiger partial charge in [-0.15, -0.1) is 15.3 Å². The minimum atomic E-state index is -3.28. The lowest BCUT2D eigenvalue weighted by Crippen LogP contribution is -2.56. The van der Waals surface area contributed by atoms with E-state index in [0.717, 1.165) is 31.8 Å². The Balaban J connectivity index is 1.40. The third-order valence-corrected chi connectivity index (χ3v) is 7.18. The second-order valence-corrected chi connectivity index (χ2v) is 10.2. The zero-order valence-electron chi connectivity index (χ0n) is 16.9. The summed E-state index contributed by atoms with van der Waals surface area (Å²) >= 11 is 0. The highest BCUT2D eigenvalue weighted by Gasteiger charge is 2.39. The van der Waals surface area contributed by atoms with Crippen molar-refractivity contribution in [1.82, 2.24) is 29.0 Å². The number of rotatable bonds is 5. The Morgan fingerprint density at radius 2 is 2.00 bits per heavy atom. The second-order valence-electron chi connectivity index (χ2n) is 8.18. The average Bonchev–Trinajstić information content (AvgIpc) is 3.10. The highest BCUT2D eigenvalue weighted by Crippen LogP contribution is 2.30. The van der Waals surface area contributed by atoms with Crippen LogP contribution in [0.2, 0.25) is 0 Å². The second kappa shape index (κ2) is 7.78. The fourth-order valence-corrected chi connectivity index (χ4v) is 5.34. The number of sulfonamides is 1. The maximum atomic E-state index is 11.9. The summed E-state index contributed by atoms with van der Waals surface area (Å²) in [7, 11) is -1.70. The van der Waals surface area contributed by atoms with E-state index in [0.29, 0.717) is 37.5 Å². The van der Waals surface area contributed by atoms with Crippen LogP contribution in [0.15, 0.2) is 12.1 Å². The summed E-state index contributed by atoms with van der Waals surface area (Å²) in [6.45, 7) is 2.76. The summed E-state index contributed by atoms with van der Waals surface area (Å²) in [6.07, 6.45) is 4.27. The number of likely N-dealkylation sites (tertiary alicyclic amines) is 1. The van der Waals surface area contributed by atoms with Crippen molar-refractivity contribution in [3.63, 3.8) is 0 Å². The Kier molecular flexibility index (Phi) is 5.49. The first kappa shape index (κ1) is 20.5. The Morgan fingerprint density at radius 3 is 2.69 bits per heavy atom. The van der Waals surface area contributed by atoms with Crippen LogP contribution in [0, 0.1) is 0 Å². The van der Waals surface area contributed by atoms with E-state index in [1.54, 1.807) is 17.7 Å². The van der Waals surface area contributed by atoms with Crippen molar-refractivity contribution in [3.05, 3.63) is 18.0 Å². The molecule has 2 aliphatic rings. The Bertz CT molecular complexity index is 972. The molecule has 0 radical (unpaired) electrons. The molecular formula is C18H28N6O4S. The largest absolute Gasteiger partial charge is 0.480 e. The monoisotopic (exact) mass is 424 g/mol. The van der Waals surface area contributed by atoms with Gasteiger partial charge in [-0.25, -0.2) is 8.42 Å². The van der Waals surface area contributed by atoms with Crippen molar-refractivity contribution >= 4 is 15.7 Å². The van der Waals surface area contributed by atoms with Gasteiger partial charge < -0.3 is 14.7 Å². The molecule has 0 bridgehead atoms. The zero-order chi connectivity index (χ0) is 20.6. The first-order chi connectivity index (χ1) is 13.8. The maximum Gasteiger partial charge on any atom is 0.231 e. The number of fused-ring (bicyclic) bond motifs is 1. The van der Waals surface area contributed by atoms with Gasteiger partial charge in [0.2, 0.25) is 15.9 Å². The first-order valence-corrected chi connectivity index (χ1v) is 11.8. The van der Waals surface area contributed by atoms with Crippen LogP contribution in [0.5, 0.6) is 5.88 Å². The van der Waals surface area contributed by atoms with Crippen molar-refractivity contribution < 1.29 is 18.3 Å². The predicted octanol–water partition coefficient (Wildman–Crippen LogP) is 0.0988. The van der Waals surface area contributed by atoms with E-state index in [1.807, 2.05) is 6.07 Å². The molecule has 2 aromatic heterocycles. The standard InChI is InChI=1S/C18H28N6O4S/c1-28-16-5-4-15-19-20-17(24(15)21-16)14-6-10-22(11-7-14)12-18(25)8-3-9-23(13-18)29(2,26)27/h4-5,14,25H,3,6-13H2,1-2H3. The van der Waals surface area contributed by atoms with Crippen molar-refractivity contribution in [3.8, 4) is 5.88 Å². The molecule has 2 aromatic rings. The number of ether oxygens (including phenoxy) is 1. The van der Waals surface area contributed by atoms with E-state index in [9.17, 15) is 13.5 Å². The van der Waals surface area contributed by atoms with Gasteiger partial charge in [0.25, 0.3) is 0 Å². The number of methoxy groups -OCH3 is 1. The van der Waals surface area contributed by atoms with Gasteiger partial charge in [0.1, 0.15) is 0 Å². The van der Waals surface area contributed by atoms with Gasteiger partial charge in [-0.2, -0.15) is 8.82 Å². The van der Waals surface area contributed by atoms with E-state index >= 15 is 0 Å². The number of hydrogen-bond acceptors (Lipinski definition) is 8. The summed E-state index contributed by atoms with van der Waals surface area (Å²) < 4.78 is 32.1. The molecule has 2 saturated heterocycles. The van der Waals surface area contributed by atoms with Crippen molar-refractivity contribution in [2.24, 2.45) is 0 Å². The third kappa shape index (κ3) is 4.37. The van der Waals surface area contributed by atoms with Crippen LogP contribution in [0.3, 0.4) is 0 Å². The minimum Gasteiger partial charge on any atom is -0.480 e. The molecule has 2 fully saturated rings. The molecule has 0 aliphatic carbocycles. The number of nitrogens with zero attached hydrogens (tertiary/aromatic N) is 6. The van der Waals surface area contributed by atoms with Gasteiger partial charge in [0.05, 0.1) is 19.0 Å². The average molecular weight is 425 g/mol. The zero-order valence-corrected chi connectivity index (χ0v) is 17.7. The van der Waals surface area contributed by atoms with Gasteiger partial charge in [0, 0.05) is 31.6 Å². The number of hydrogen-bond donors (Lipinski definition) is 1. The van der Waals surface area contributed by atoms with Crippen LogP contribution < -0.4 is 4.74 Å². The molecule has 160 valence electrons. The van der Waals surface area contributed by atoms with Gasteiger partial charge in [0.15, 0.2) is 11.5 Å². The summed E-state index contributed by atoms with van der Waals surface area (Å²) in [4.78, 5) is 2.22. The third-order valence-electron chi connectivity index (χ3n) is 5.93. The molecule has 1 atom stereocenters. The van der Waals surface area contributed by atoms with E-state index in [1.165, 1.54) is 10.6 Å². The smallest absolute Gasteiger partial charge is 0.231 e. The lowest BCUT2D eigenvalue weighted by molar-refractivity contribution is -0.0389. The number of aromatic nitrogens is 4. The van der Waals surface area contributed by atoms with E-state index in [2.05, 4.69) is 20.2 Å². The van der Waals surface area contributed by atoms with E-state index in [4.69, 9.17) is 4.74 Å². The summed E-state index contributed by atoms with van der Waals surface area (Å²) in [5.41, 5.74) is -0.300. The molecule has 0 saturated carbocycles. The van der Waals surface area contributed by atoms with Crippen molar-refractivity contribution in [1.29, 1.82) is 0 Å². The molecule has 0 aromatic carbocycles. The lowest BCUT2D eigenvalue weighted by atomic mass is 9.91. The maximum absolute atomic E-state index is 11.9. The molecule has 4 heterocycles. The highest BCUT2D eigenvalue weighted by molar-refractivity contribution is 7.88. The van der Waals surface area contributed by atoms with Crippen molar-refractivity contribution in [2.75, 3.05) is 46.1 Å². The SMILES string of the molecule is COc1ccc2nnc(C3CCN(CC4(O)CCCN(S(C)(=O)=O)C4)CC3)n2n1. The highest BCUT2D eigenvalue weighted by atomic mass is 32.2. The van der Waals surface area contributed by atoms with E-state index < -0.39 is 15.6 Å². The summed E-state index contributed by atoms with van der Waals surface area (Å²) in [5.74, 6) is 1.58. The summed E-state index contributed by atoms with van der Waals surface area (Å²) in [5, 5.41) is 24.0. The van der Waals surface area contributed by atoms with Crippen LogP contribution in [0.1, 0.15) is 37.4 Å². The van der Waals surface area contributed by atoms with Gasteiger partial charge in [-0.3, -0.25) is 0 Å². The molecule has 0 spiro atoms. The van der Waals surface area contributed by atoms with E-state index in [-0.39, 0.29) is 12.5 Å². The van der Waals surface area contributed by atoms with Gasteiger partial charge in [-0.1, -0.05) is 0 Å². The molecule has 11 heteroatoms. The Hall–Kier alpha value is -1.82. The fraction of sp³-hybridized carbons (Fsp3) is 0.722. The molecule has 4 rings (SSSR count). The molecular weight excluding hydrogens is 396 g/mol. The van der Waals surface area contributed by atoms with Gasteiger partial charge in [-0.05, 0) is 44.8 Å². The quantitative estimate of drug-likeness (QED) is 0.719. The van der Waals surface area contributed by atoms with Gasteiger partial charge >= 0.3 is 0 Å². The van der Waals surface area contributed by atoms with Crippen LogP contribution in [0.4, 0.5) is 0 Å². The number of piperidine rings is 2. The first-order valence-electron chi connectivity index (χ1n) is 9.94. The Labute approximate surface area is 170 Å². The summed E-state index contributed by atoms with van der Waals surface area (Å²) in [6, 6.07) is 3.60. The van der Waals surface area contributed by atoms with Crippen LogP contribution in [-0.4, -0.2) is 94.2 Å². The minimum absolute atomic E-state index is 0.171. The van der Waals surface area contributed by atoms with Crippen LogP contribution in [0.25, 0.3) is 5.65 Å². The predicted molar refractivity (Wildman–Crippen MR) is 106 cm³/mol. The molecule has 29 heavy (non-hydrogen) atoms. The fourth-order valence-electron chi connectivity index (χ4n) is 4.40. The number of aliphatic hydroxyl groups is 1. The van der Waals surface area contributed by atoms with Crippen LogP contribution >= 0.6 is 0 Å². The topological polar surface area (TPSA) is 113 Å².